The Labute approximate surface area is 104 Å². The minimum Gasteiger partial charge on any atom is -0.396 e. The van der Waals surface area contributed by atoms with E-state index in [9.17, 15) is 8.78 Å². The number of nitrogens with one attached hydrogen (secondary N) is 1. The molecule has 5 heteroatoms. The first-order valence-corrected chi connectivity index (χ1v) is 5.59. The van der Waals surface area contributed by atoms with Crippen LogP contribution in [0.1, 0.15) is 26.5 Å². The number of nitrogen functional groups attached to an aromatic ring is 1. The Morgan fingerprint density at radius 2 is 1.89 bits per heavy atom. The van der Waals surface area contributed by atoms with E-state index in [1.807, 2.05) is 20.8 Å². The molecule has 0 bridgehead atoms. The number of halogens is 2. The normalized spacial score (nSPS) is 11.8. The van der Waals surface area contributed by atoms with Crippen molar-refractivity contribution in [2.45, 2.75) is 26.2 Å². The summed E-state index contributed by atoms with van der Waals surface area (Å²) in [5.41, 5.74) is 5.92. The Bertz CT molecular complexity index is 582. The number of aromatic amines is 1. The molecule has 0 fully saturated rings. The van der Waals surface area contributed by atoms with Gasteiger partial charge in [-0.2, -0.15) is 0 Å². The first kappa shape index (κ1) is 12.5. The number of hydrogen-bond donors (Lipinski definition) is 2. The second-order valence-corrected chi connectivity index (χ2v) is 5.25. The topological polar surface area (TPSA) is 54.7 Å². The molecule has 3 nitrogen and oxygen atoms in total. The van der Waals surface area contributed by atoms with E-state index >= 15 is 0 Å². The van der Waals surface area contributed by atoms with E-state index in [2.05, 4.69) is 9.97 Å². The zero-order valence-electron chi connectivity index (χ0n) is 10.5. The second-order valence-electron chi connectivity index (χ2n) is 5.25. The summed E-state index contributed by atoms with van der Waals surface area (Å²) in [4.78, 5) is 7.07. The van der Waals surface area contributed by atoms with Gasteiger partial charge in [0.15, 0.2) is 5.82 Å². The Morgan fingerprint density at radius 1 is 1.22 bits per heavy atom. The van der Waals surface area contributed by atoms with Gasteiger partial charge in [0.05, 0.1) is 11.3 Å². The predicted molar refractivity (Wildman–Crippen MR) is 67.1 cm³/mol. The van der Waals surface area contributed by atoms with Crippen molar-refractivity contribution in [1.29, 1.82) is 0 Å². The van der Waals surface area contributed by atoms with Gasteiger partial charge in [0.25, 0.3) is 0 Å². The molecule has 96 valence electrons. The molecule has 2 aromatic rings. The van der Waals surface area contributed by atoms with Gasteiger partial charge >= 0.3 is 0 Å². The largest absolute Gasteiger partial charge is 0.396 e. The van der Waals surface area contributed by atoms with Crippen LogP contribution in [0.25, 0.3) is 11.4 Å². The molecule has 0 saturated carbocycles. The average molecular weight is 251 g/mol. The molecule has 18 heavy (non-hydrogen) atoms. The zero-order chi connectivity index (χ0) is 13.5. The van der Waals surface area contributed by atoms with Gasteiger partial charge in [0, 0.05) is 17.3 Å². The molecular formula is C13H15F2N3. The van der Waals surface area contributed by atoms with Crippen molar-refractivity contribution < 1.29 is 8.78 Å². The van der Waals surface area contributed by atoms with Crippen LogP contribution in [-0.2, 0) is 5.41 Å². The lowest BCUT2D eigenvalue weighted by atomic mass is 9.93. The first-order valence-electron chi connectivity index (χ1n) is 5.59. The molecule has 0 aliphatic heterocycles. The van der Waals surface area contributed by atoms with E-state index in [1.54, 1.807) is 6.20 Å². The van der Waals surface area contributed by atoms with E-state index in [0.29, 0.717) is 0 Å². The smallest absolute Gasteiger partial charge is 0.157 e. The van der Waals surface area contributed by atoms with Crippen LogP contribution in [0.4, 0.5) is 14.5 Å². The van der Waals surface area contributed by atoms with Gasteiger partial charge in [-0.25, -0.2) is 13.8 Å². The van der Waals surface area contributed by atoms with Crippen molar-refractivity contribution in [1.82, 2.24) is 9.97 Å². The van der Waals surface area contributed by atoms with Crippen LogP contribution in [0, 0.1) is 11.6 Å². The van der Waals surface area contributed by atoms with Crippen LogP contribution < -0.4 is 5.73 Å². The Morgan fingerprint density at radius 3 is 2.44 bits per heavy atom. The molecule has 0 aliphatic carbocycles. The molecule has 0 spiro atoms. The molecule has 0 radical (unpaired) electrons. The van der Waals surface area contributed by atoms with Crippen LogP contribution >= 0.6 is 0 Å². The maximum absolute atomic E-state index is 13.8. The number of nitrogens with zero attached hydrogens (tertiary/aromatic N) is 1. The minimum absolute atomic E-state index is 0.0444. The molecule has 1 aromatic carbocycles. The highest BCUT2D eigenvalue weighted by Crippen LogP contribution is 2.28. The van der Waals surface area contributed by atoms with E-state index in [4.69, 9.17) is 5.73 Å². The lowest BCUT2D eigenvalue weighted by molar-refractivity contribution is 0.572. The number of anilines is 1. The molecule has 0 atom stereocenters. The fraction of sp³-hybridized carbons (Fsp3) is 0.308. The van der Waals surface area contributed by atoms with Crippen molar-refractivity contribution in [3.05, 3.63) is 35.7 Å². The van der Waals surface area contributed by atoms with Gasteiger partial charge in [-0.1, -0.05) is 20.8 Å². The van der Waals surface area contributed by atoms with E-state index in [-0.39, 0.29) is 22.5 Å². The number of H-pyrrole nitrogens is 1. The predicted octanol–water partition coefficient (Wildman–Crippen LogP) is 3.23. The monoisotopic (exact) mass is 251 g/mol. The summed E-state index contributed by atoms with van der Waals surface area (Å²) in [5.74, 6) is -0.965. The summed E-state index contributed by atoms with van der Waals surface area (Å²) in [6.07, 6.45) is 1.62. The molecule has 0 saturated heterocycles. The van der Waals surface area contributed by atoms with Gasteiger partial charge in [-0.05, 0) is 12.1 Å². The van der Waals surface area contributed by atoms with Gasteiger partial charge in [0.2, 0.25) is 0 Å². The quantitative estimate of drug-likeness (QED) is 0.764. The highest BCUT2D eigenvalue weighted by Gasteiger charge is 2.19. The van der Waals surface area contributed by atoms with Crippen molar-refractivity contribution >= 4 is 5.69 Å². The van der Waals surface area contributed by atoms with Crippen molar-refractivity contribution in [3.63, 3.8) is 0 Å². The van der Waals surface area contributed by atoms with Gasteiger partial charge in [0.1, 0.15) is 11.6 Å². The van der Waals surface area contributed by atoms with Crippen molar-refractivity contribution in [2.75, 3.05) is 5.73 Å². The summed E-state index contributed by atoms with van der Waals surface area (Å²) >= 11 is 0. The second kappa shape index (κ2) is 4.08. The molecule has 2 rings (SSSR count). The highest BCUT2D eigenvalue weighted by molar-refractivity contribution is 5.63. The SMILES string of the molecule is CC(C)(C)c1cnc(-c2cc(F)cc(N)c2F)[nH]1. The summed E-state index contributed by atoms with van der Waals surface area (Å²) < 4.78 is 27.1. The molecule has 0 unspecified atom stereocenters. The fourth-order valence-corrected chi connectivity index (χ4v) is 1.62. The van der Waals surface area contributed by atoms with Gasteiger partial charge < -0.3 is 10.7 Å². The van der Waals surface area contributed by atoms with Crippen LogP contribution in [0.3, 0.4) is 0 Å². The van der Waals surface area contributed by atoms with Crippen LogP contribution in [-0.4, -0.2) is 9.97 Å². The summed E-state index contributed by atoms with van der Waals surface area (Å²) in [5, 5.41) is 0. The lowest BCUT2D eigenvalue weighted by Gasteiger charge is -2.15. The Kier molecular flexibility index (Phi) is 2.84. The molecule has 1 heterocycles. The number of benzene rings is 1. The third-order valence-corrected chi connectivity index (χ3v) is 2.70. The summed E-state index contributed by atoms with van der Waals surface area (Å²) in [6.45, 7) is 6.00. The highest BCUT2D eigenvalue weighted by atomic mass is 19.1. The van der Waals surface area contributed by atoms with Gasteiger partial charge in [-0.3, -0.25) is 0 Å². The molecule has 1 aromatic heterocycles. The van der Waals surface area contributed by atoms with Gasteiger partial charge in [-0.15, -0.1) is 0 Å². The number of aromatic nitrogens is 2. The molecule has 0 aliphatic rings. The number of nitrogens with two attached hydrogens (primary N) is 1. The number of rotatable bonds is 1. The third kappa shape index (κ3) is 2.20. The minimum atomic E-state index is -0.661. The standard InChI is InChI=1S/C13H15F2N3/c1-13(2,3)10-6-17-12(18-10)8-4-7(14)5-9(16)11(8)15/h4-6H,16H2,1-3H3,(H,17,18). The third-order valence-electron chi connectivity index (χ3n) is 2.70. The zero-order valence-corrected chi connectivity index (χ0v) is 10.5. The summed E-state index contributed by atoms with van der Waals surface area (Å²) in [7, 11) is 0. The van der Waals surface area contributed by atoms with Crippen molar-refractivity contribution in [2.24, 2.45) is 0 Å². The Balaban J connectivity index is 2.53. The van der Waals surface area contributed by atoms with E-state index < -0.39 is 11.6 Å². The van der Waals surface area contributed by atoms with Crippen molar-refractivity contribution in [3.8, 4) is 11.4 Å². The maximum Gasteiger partial charge on any atom is 0.157 e. The lowest BCUT2D eigenvalue weighted by Crippen LogP contribution is -2.11. The van der Waals surface area contributed by atoms with E-state index in [0.717, 1.165) is 17.8 Å². The molecule has 0 amide bonds. The molecule has 3 N–H and O–H groups in total. The summed E-state index contributed by atoms with van der Waals surface area (Å²) in [6, 6.07) is 2.03. The maximum atomic E-state index is 13.8. The van der Waals surface area contributed by atoms with Crippen LogP contribution in [0.15, 0.2) is 18.3 Å². The first-order chi connectivity index (χ1) is 8.29. The van der Waals surface area contributed by atoms with E-state index in [1.165, 1.54) is 0 Å². The number of imidazole rings is 1. The van der Waals surface area contributed by atoms with Crippen LogP contribution in [0.2, 0.25) is 0 Å². The fourth-order valence-electron chi connectivity index (χ4n) is 1.62. The van der Waals surface area contributed by atoms with Crippen LogP contribution in [0.5, 0.6) is 0 Å². The molecular weight excluding hydrogens is 236 g/mol. The average Bonchev–Trinajstić information content (AvgIpc) is 2.71. The number of hydrogen-bond acceptors (Lipinski definition) is 2. The Hall–Kier alpha value is -1.91.